The topological polar surface area (TPSA) is 38.9 Å². The molecule has 0 bridgehead atoms. The average Bonchev–Trinajstić information content (AvgIpc) is 1.94. The molecule has 0 amide bonds. The Hall–Kier alpha value is -0.670. The zero-order valence-corrected chi connectivity index (χ0v) is 6.77. The van der Waals surface area contributed by atoms with E-state index < -0.39 is 5.95 Å². The summed E-state index contributed by atoms with van der Waals surface area (Å²) in [6.45, 7) is 1.68. The first-order valence-corrected chi connectivity index (χ1v) is 3.55. The molecule has 0 aliphatic rings. The third kappa shape index (κ3) is 1.88. The van der Waals surface area contributed by atoms with Crippen LogP contribution in [-0.4, -0.2) is 4.98 Å². The molecule has 1 heterocycles. The van der Waals surface area contributed by atoms with Crippen molar-refractivity contribution in [3.63, 3.8) is 0 Å². The van der Waals surface area contributed by atoms with Crippen molar-refractivity contribution in [3.05, 3.63) is 28.8 Å². The summed E-state index contributed by atoms with van der Waals surface area (Å²) in [6, 6.07) is 1.11. The minimum absolute atomic E-state index is 0.345. The van der Waals surface area contributed by atoms with Gasteiger partial charge in [-0.15, -0.1) is 0 Å². The monoisotopic (exact) mass is 174 g/mol. The number of nitrogens with two attached hydrogens (primary N) is 1. The SMILES string of the molecule is C[C@@H](N)c1cc(Cl)cnc1F. The average molecular weight is 175 g/mol. The van der Waals surface area contributed by atoms with Gasteiger partial charge in [-0.05, 0) is 13.0 Å². The summed E-state index contributed by atoms with van der Waals surface area (Å²) in [5.74, 6) is -0.551. The van der Waals surface area contributed by atoms with Crippen molar-refractivity contribution in [2.45, 2.75) is 13.0 Å². The van der Waals surface area contributed by atoms with Gasteiger partial charge in [0.2, 0.25) is 5.95 Å². The van der Waals surface area contributed by atoms with E-state index in [0.717, 1.165) is 0 Å². The normalized spacial score (nSPS) is 13.1. The number of pyridine rings is 1. The summed E-state index contributed by atoms with van der Waals surface area (Å²) in [4.78, 5) is 3.42. The van der Waals surface area contributed by atoms with E-state index in [-0.39, 0.29) is 6.04 Å². The summed E-state index contributed by atoms with van der Waals surface area (Å²) < 4.78 is 12.8. The molecule has 0 unspecified atom stereocenters. The largest absolute Gasteiger partial charge is 0.324 e. The fraction of sp³-hybridized carbons (Fsp3) is 0.286. The third-order valence-electron chi connectivity index (χ3n) is 1.32. The van der Waals surface area contributed by atoms with Crippen molar-refractivity contribution >= 4 is 11.6 Å². The maximum absolute atomic E-state index is 12.8. The fourth-order valence-electron chi connectivity index (χ4n) is 0.758. The second-order valence-electron chi connectivity index (χ2n) is 2.32. The van der Waals surface area contributed by atoms with Gasteiger partial charge in [0.05, 0.1) is 5.02 Å². The molecular weight excluding hydrogens is 167 g/mol. The molecule has 60 valence electrons. The van der Waals surface area contributed by atoms with Gasteiger partial charge in [0.15, 0.2) is 0 Å². The van der Waals surface area contributed by atoms with Crippen molar-refractivity contribution in [2.75, 3.05) is 0 Å². The molecular formula is C7H8ClFN2. The molecule has 1 atom stereocenters. The lowest BCUT2D eigenvalue weighted by molar-refractivity contribution is 0.553. The predicted octanol–water partition coefficient (Wildman–Crippen LogP) is 1.89. The Labute approximate surface area is 69.2 Å². The van der Waals surface area contributed by atoms with Crippen LogP contribution in [0.1, 0.15) is 18.5 Å². The second kappa shape index (κ2) is 3.15. The number of aromatic nitrogens is 1. The van der Waals surface area contributed by atoms with Gasteiger partial charge in [-0.2, -0.15) is 4.39 Å². The summed E-state index contributed by atoms with van der Waals surface area (Å²) in [6.07, 6.45) is 1.25. The number of rotatable bonds is 1. The zero-order valence-electron chi connectivity index (χ0n) is 6.01. The van der Waals surface area contributed by atoms with Crippen molar-refractivity contribution in [2.24, 2.45) is 5.73 Å². The first kappa shape index (κ1) is 8.43. The standard InChI is InChI=1S/C7H8ClFN2/c1-4(10)6-2-5(8)3-11-7(6)9/h2-4H,10H2,1H3/t4-/m1/s1. The van der Waals surface area contributed by atoms with Crippen molar-refractivity contribution < 1.29 is 4.39 Å². The molecule has 0 radical (unpaired) electrons. The van der Waals surface area contributed by atoms with Gasteiger partial charge in [0.1, 0.15) is 0 Å². The molecule has 0 aliphatic heterocycles. The van der Waals surface area contributed by atoms with Crippen LogP contribution in [0.4, 0.5) is 4.39 Å². The van der Waals surface area contributed by atoms with Crippen LogP contribution in [0.2, 0.25) is 5.02 Å². The van der Waals surface area contributed by atoms with Gasteiger partial charge in [-0.1, -0.05) is 11.6 Å². The first-order valence-electron chi connectivity index (χ1n) is 3.18. The Kier molecular flexibility index (Phi) is 2.42. The maximum atomic E-state index is 12.8. The quantitative estimate of drug-likeness (QED) is 0.661. The second-order valence-corrected chi connectivity index (χ2v) is 2.76. The van der Waals surface area contributed by atoms with Crippen molar-refractivity contribution in [1.29, 1.82) is 0 Å². The number of hydrogen-bond donors (Lipinski definition) is 1. The highest BCUT2D eigenvalue weighted by Gasteiger charge is 2.07. The number of nitrogens with zero attached hydrogens (tertiary/aromatic N) is 1. The van der Waals surface area contributed by atoms with E-state index in [1.165, 1.54) is 12.3 Å². The van der Waals surface area contributed by atoms with Crippen LogP contribution < -0.4 is 5.73 Å². The van der Waals surface area contributed by atoms with Crippen LogP contribution in [0.3, 0.4) is 0 Å². The highest BCUT2D eigenvalue weighted by Crippen LogP contribution is 2.16. The maximum Gasteiger partial charge on any atom is 0.217 e. The van der Waals surface area contributed by atoms with E-state index in [9.17, 15) is 4.39 Å². The van der Waals surface area contributed by atoms with Gasteiger partial charge in [0.25, 0.3) is 0 Å². The molecule has 1 aromatic heterocycles. The van der Waals surface area contributed by atoms with Crippen molar-refractivity contribution in [1.82, 2.24) is 4.98 Å². The Balaban J connectivity index is 3.13. The number of halogens is 2. The molecule has 1 aromatic rings. The minimum Gasteiger partial charge on any atom is -0.324 e. The molecule has 11 heavy (non-hydrogen) atoms. The summed E-state index contributed by atoms with van der Waals surface area (Å²) >= 11 is 5.58. The Morgan fingerprint density at radius 3 is 2.82 bits per heavy atom. The molecule has 0 spiro atoms. The fourth-order valence-corrected chi connectivity index (χ4v) is 0.924. The first-order chi connectivity index (χ1) is 5.11. The molecule has 2 nitrogen and oxygen atoms in total. The van der Waals surface area contributed by atoms with Crippen LogP contribution in [-0.2, 0) is 0 Å². The van der Waals surface area contributed by atoms with Gasteiger partial charge in [0, 0.05) is 17.8 Å². The molecule has 1 rings (SSSR count). The zero-order chi connectivity index (χ0) is 8.43. The van der Waals surface area contributed by atoms with Crippen LogP contribution in [0.5, 0.6) is 0 Å². The van der Waals surface area contributed by atoms with E-state index in [1.807, 2.05) is 0 Å². The van der Waals surface area contributed by atoms with Crippen molar-refractivity contribution in [3.8, 4) is 0 Å². The molecule has 0 aromatic carbocycles. The minimum atomic E-state index is -0.551. The lowest BCUT2D eigenvalue weighted by Crippen LogP contribution is -2.08. The lowest BCUT2D eigenvalue weighted by Gasteiger charge is -2.05. The Morgan fingerprint density at radius 2 is 2.36 bits per heavy atom. The van der Waals surface area contributed by atoms with Crippen LogP contribution in [0.15, 0.2) is 12.3 Å². The van der Waals surface area contributed by atoms with E-state index in [2.05, 4.69) is 4.98 Å². The molecule has 0 saturated heterocycles. The summed E-state index contributed by atoms with van der Waals surface area (Å²) in [5, 5.41) is 0.402. The van der Waals surface area contributed by atoms with E-state index in [1.54, 1.807) is 6.92 Å². The highest BCUT2D eigenvalue weighted by atomic mass is 35.5. The van der Waals surface area contributed by atoms with Crippen LogP contribution in [0, 0.1) is 5.95 Å². The Morgan fingerprint density at radius 1 is 1.73 bits per heavy atom. The Bertz CT molecular complexity index is 263. The molecule has 0 aliphatic carbocycles. The highest BCUT2D eigenvalue weighted by molar-refractivity contribution is 6.30. The summed E-state index contributed by atoms with van der Waals surface area (Å²) in [5.41, 5.74) is 5.79. The molecule has 0 saturated carbocycles. The van der Waals surface area contributed by atoms with Crippen LogP contribution in [0.25, 0.3) is 0 Å². The smallest absolute Gasteiger partial charge is 0.217 e. The van der Waals surface area contributed by atoms with Gasteiger partial charge < -0.3 is 5.73 Å². The predicted molar refractivity (Wildman–Crippen MR) is 41.8 cm³/mol. The van der Waals surface area contributed by atoms with E-state index >= 15 is 0 Å². The third-order valence-corrected chi connectivity index (χ3v) is 1.53. The van der Waals surface area contributed by atoms with Gasteiger partial charge in [-0.25, -0.2) is 4.98 Å². The van der Waals surface area contributed by atoms with E-state index in [0.29, 0.717) is 10.6 Å². The van der Waals surface area contributed by atoms with Crippen LogP contribution >= 0.6 is 11.6 Å². The summed E-state index contributed by atoms with van der Waals surface area (Å²) in [7, 11) is 0. The van der Waals surface area contributed by atoms with Gasteiger partial charge >= 0.3 is 0 Å². The van der Waals surface area contributed by atoms with E-state index in [4.69, 9.17) is 17.3 Å². The molecule has 0 fully saturated rings. The molecule has 4 heteroatoms. The lowest BCUT2D eigenvalue weighted by atomic mass is 10.1. The van der Waals surface area contributed by atoms with Gasteiger partial charge in [-0.3, -0.25) is 0 Å². The number of hydrogen-bond acceptors (Lipinski definition) is 2. The molecule has 2 N–H and O–H groups in total.